The average molecular weight is 331 g/mol. The summed E-state index contributed by atoms with van der Waals surface area (Å²) in [5.74, 6) is 1.85. The Hall–Kier alpha value is -0.850. The molecule has 0 aromatic carbocycles. The zero-order valence-electron chi connectivity index (χ0n) is 16.9. The van der Waals surface area contributed by atoms with Gasteiger partial charge in [-0.25, -0.2) is 0 Å². The molecule has 1 heteroatoms. The summed E-state index contributed by atoms with van der Waals surface area (Å²) in [5, 5.41) is 0. The van der Waals surface area contributed by atoms with Gasteiger partial charge in [0.05, 0.1) is 0 Å². The first kappa shape index (κ1) is 19.5. The van der Waals surface area contributed by atoms with Gasteiger partial charge >= 0.3 is 0 Å². The van der Waals surface area contributed by atoms with Crippen LogP contribution in [0.15, 0.2) is 23.3 Å². The second-order valence-corrected chi connectivity index (χ2v) is 9.47. The van der Waals surface area contributed by atoms with Gasteiger partial charge in [-0.2, -0.15) is 0 Å². The van der Waals surface area contributed by atoms with E-state index in [4.69, 9.17) is 0 Å². The molecule has 0 saturated heterocycles. The minimum absolute atomic E-state index is 0.296. The summed E-state index contributed by atoms with van der Waals surface area (Å²) >= 11 is 0. The van der Waals surface area contributed by atoms with Crippen molar-refractivity contribution in [3.63, 3.8) is 0 Å². The third-order valence-electron chi connectivity index (χ3n) is 7.11. The van der Waals surface area contributed by atoms with E-state index in [0.29, 0.717) is 23.0 Å². The van der Waals surface area contributed by atoms with Gasteiger partial charge in [-0.1, -0.05) is 50.5 Å². The molecule has 0 unspecified atom stereocenters. The van der Waals surface area contributed by atoms with Crippen LogP contribution in [-0.4, -0.2) is 5.78 Å². The quantitative estimate of drug-likeness (QED) is 0.485. The van der Waals surface area contributed by atoms with Gasteiger partial charge in [0, 0.05) is 6.42 Å². The monoisotopic (exact) mass is 330 g/mol. The van der Waals surface area contributed by atoms with Crippen LogP contribution in [0, 0.1) is 22.7 Å². The molecule has 0 aliphatic heterocycles. The van der Waals surface area contributed by atoms with Gasteiger partial charge in [0.15, 0.2) is 0 Å². The predicted molar refractivity (Wildman–Crippen MR) is 104 cm³/mol. The molecule has 0 aromatic heterocycles. The molecule has 0 spiro atoms. The van der Waals surface area contributed by atoms with Crippen molar-refractivity contribution < 1.29 is 4.79 Å². The van der Waals surface area contributed by atoms with E-state index in [0.717, 1.165) is 18.3 Å². The molecule has 0 radical (unpaired) electrons. The molecule has 3 atom stereocenters. The fourth-order valence-corrected chi connectivity index (χ4v) is 5.69. The molecule has 24 heavy (non-hydrogen) atoms. The summed E-state index contributed by atoms with van der Waals surface area (Å²) < 4.78 is 0. The lowest BCUT2D eigenvalue weighted by Crippen LogP contribution is -2.48. The van der Waals surface area contributed by atoms with Gasteiger partial charge in [-0.05, 0) is 82.0 Å². The second kappa shape index (κ2) is 7.58. The zero-order valence-corrected chi connectivity index (χ0v) is 16.9. The molecule has 0 aromatic rings. The van der Waals surface area contributed by atoms with Crippen LogP contribution in [0.5, 0.6) is 0 Å². The molecule has 1 saturated carbocycles. The molecule has 2 aliphatic rings. The Balaban J connectivity index is 2.06. The van der Waals surface area contributed by atoms with E-state index >= 15 is 0 Å². The van der Waals surface area contributed by atoms with Crippen LogP contribution < -0.4 is 0 Å². The Morgan fingerprint density at radius 3 is 2.58 bits per heavy atom. The van der Waals surface area contributed by atoms with Crippen LogP contribution in [0.4, 0.5) is 0 Å². The number of carbonyl (C=O) groups excluding carboxylic acids is 1. The van der Waals surface area contributed by atoms with Crippen LogP contribution in [0.3, 0.4) is 0 Å². The Morgan fingerprint density at radius 1 is 1.21 bits per heavy atom. The van der Waals surface area contributed by atoms with Crippen molar-refractivity contribution in [2.45, 2.75) is 92.9 Å². The lowest BCUT2D eigenvalue weighted by atomic mass is 9.48. The SMILES string of the molecule is CC(=O)CC/C=C(/C)CC[C@@H]1C(C)=CC[C@@H]2C(C)(C)CCC[C@@]12C. The number of Topliss-reactive ketones (excluding diaryl/α,β-unsaturated/α-hetero) is 1. The van der Waals surface area contributed by atoms with E-state index < -0.39 is 0 Å². The highest BCUT2D eigenvalue weighted by molar-refractivity contribution is 5.75. The number of ketones is 1. The molecule has 0 amide bonds. The summed E-state index contributed by atoms with van der Waals surface area (Å²) in [6.45, 7) is 13.9. The lowest BCUT2D eigenvalue weighted by molar-refractivity contribution is -0.116. The maximum Gasteiger partial charge on any atom is 0.130 e. The molecule has 2 aliphatic carbocycles. The zero-order chi connectivity index (χ0) is 18.0. The van der Waals surface area contributed by atoms with Gasteiger partial charge in [-0.15, -0.1) is 0 Å². The number of fused-ring (bicyclic) bond motifs is 1. The number of hydrogen-bond acceptors (Lipinski definition) is 1. The first-order valence-electron chi connectivity index (χ1n) is 9.98. The molecule has 0 heterocycles. The third kappa shape index (κ3) is 4.21. The van der Waals surface area contributed by atoms with Crippen molar-refractivity contribution in [1.29, 1.82) is 0 Å². The van der Waals surface area contributed by atoms with Crippen molar-refractivity contribution in [3.05, 3.63) is 23.3 Å². The molecule has 0 N–H and O–H groups in total. The minimum Gasteiger partial charge on any atom is -0.300 e. The predicted octanol–water partition coefficient (Wildman–Crippen LogP) is 6.88. The second-order valence-electron chi connectivity index (χ2n) is 9.47. The van der Waals surface area contributed by atoms with Crippen molar-refractivity contribution in [2.24, 2.45) is 22.7 Å². The van der Waals surface area contributed by atoms with Gasteiger partial charge in [0.2, 0.25) is 0 Å². The molecular weight excluding hydrogens is 292 g/mol. The van der Waals surface area contributed by atoms with Crippen molar-refractivity contribution in [3.8, 4) is 0 Å². The third-order valence-corrected chi connectivity index (χ3v) is 7.11. The normalized spacial score (nSPS) is 32.9. The lowest BCUT2D eigenvalue weighted by Gasteiger charge is -2.57. The van der Waals surface area contributed by atoms with E-state index in [9.17, 15) is 4.79 Å². The highest BCUT2D eigenvalue weighted by Crippen LogP contribution is 2.60. The number of allylic oxidation sites excluding steroid dienone is 4. The number of rotatable bonds is 6. The summed E-state index contributed by atoms with van der Waals surface area (Å²) in [6.07, 6.45) is 14.3. The molecular formula is C23H38O. The highest BCUT2D eigenvalue weighted by atomic mass is 16.1. The minimum atomic E-state index is 0.296. The van der Waals surface area contributed by atoms with Crippen LogP contribution in [0.1, 0.15) is 92.9 Å². The van der Waals surface area contributed by atoms with Crippen LogP contribution in [-0.2, 0) is 4.79 Å². The van der Waals surface area contributed by atoms with Gasteiger partial charge in [0.25, 0.3) is 0 Å². The van der Waals surface area contributed by atoms with E-state index in [-0.39, 0.29) is 0 Å². The van der Waals surface area contributed by atoms with Crippen molar-refractivity contribution in [1.82, 2.24) is 0 Å². The standard InChI is InChI=1S/C23H38O/c1-17(9-7-10-19(3)24)11-13-20-18(2)12-14-21-22(4,5)15-8-16-23(20,21)6/h9,12,20-21H,7-8,10-11,13-16H2,1-6H3/b17-9-/t20-,21-,23+/m1/s1. The first-order valence-corrected chi connectivity index (χ1v) is 9.98. The Morgan fingerprint density at radius 2 is 1.92 bits per heavy atom. The van der Waals surface area contributed by atoms with E-state index in [1.807, 2.05) is 0 Å². The molecule has 1 nitrogen and oxygen atoms in total. The summed E-state index contributed by atoms with van der Waals surface area (Å²) in [6, 6.07) is 0. The molecule has 136 valence electrons. The maximum atomic E-state index is 11.1. The van der Waals surface area contributed by atoms with E-state index in [1.54, 1.807) is 12.5 Å². The van der Waals surface area contributed by atoms with E-state index in [1.165, 1.54) is 44.1 Å². The largest absolute Gasteiger partial charge is 0.300 e. The van der Waals surface area contributed by atoms with Gasteiger partial charge in [0.1, 0.15) is 5.78 Å². The van der Waals surface area contributed by atoms with Crippen LogP contribution >= 0.6 is 0 Å². The van der Waals surface area contributed by atoms with Gasteiger partial charge in [-0.3, -0.25) is 0 Å². The Kier molecular flexibility index (Phi) is 6.15. The Bertz CT molecular complexity index is 522. The van der Waals surface area contributed by atoms with Crippen LogP contribution in [0.2, 0.25) is 0 Å². The fourth-order valence-electron chi connectivity index (χ4n) is 5.69. The molecule has 2 rings (SSSR count). The highest BCUT2D eigenvalue weighted by Gasteiger charge is 2.51. The first-order chi connectivity index (χ1) is 11.2. The van der Waals surface area contributed by atoms with Crippen molar-refractivity contribution in [2.75, 3.05) is 0 Å². The fraction of sp³-hybridized carbons (Fsp3) is 0.783. The smallest absolute Gasteiger partial charge is 0.130 e. The summed E-state index contributed by atoms with van der Waals surface area (Å²) in [4.78, 5) is 11.1. The molecule has 0 bridgehead atoms. The van der Waals surface area contributed by atoms with E-state index in [2.05, 4.69) is 46.8 Å². The van der Waals surface area contributed by atoms with Crippen molar-refractivity contribution >= 4 is 5.78 Å². The number of carbonyl (C=O) groups is 1. The van der Waals surface area contributed by atoms with Gasteiger partial charge < -0.3 is 4.79 Å². The number of hydrogen-bond donors (Lipinski definition) is 0. The average Bonchev–Trinajstić information content (AvgIpc) is 2.45. The maximum absolute atomic E-state index is 11.1. The summed E-state index contributed by atoms with van der Waals surface area (Å²) in [7, 11) is 0. The van der Waals surface area contributed by atoms with Crippen LogP contribution in [0.25, 0.3) is 0 Å². The topological polar surface area (TPSA) is 17.1 Å². The Labute approximate surface area is 150 Å². The molecule has 1 fully saturated rings. The summed E-state index contributed by atoms with van der Waals surface area (Å²) in [5.41, 5.74) is 4.04.